The number of ether oxygens (including phenoxy) is 1. The van der Waals surface area contributed by atoms with E-state index in [1.54, 1.807) is 0 Å². The quantitative estimate of drug-likeness (QED) is 0.706. The normalized spacial score (nSPS) is 12.1. The third-order valence-electron chi connectivity index (χ3n) is 3.52. The fraction of sp³-hybridized carbons (Fsp3) is 0.667. The van der Waals surface area contributed by atoms with Crippen molar-refractivity contribution in [3.8, 4) is 0 Å². The Bertz CT molecular complexity index is 398. The van der Waals surface area contributed by atoms with Crippen LogP contribution in [0.2, 0.25) is 0 Å². The number of rotatable bonds is 9. The molecule has 0 aromatic heterocycles. The van der Waals surface area contributed by atoms with Crippen LogP contribution >= 0.6 is 0 Å². The van der Waals surface area contributed by atoms with Crippen molar-refractivity contribution in [1.82, 2.24) is 10.2 Å². The van der Waals surface area contributed by atoms with Crippen molar-refractivity contribution in [3.63, 3.8) is 0 Å². The summed E-state index contributed by atoms with van der Waals surface area (Å²) >= 11 is 0. The first-order valence-electron chi connectivity index (χ1n) is 8.08. The minimum Gasteiger partial charge on any atom is -0.380 e. The summed E-state index contributed by atoms with van der Waals surface area (Å²) in [7, 11) is 0. The number of hydrogen-bond acceptors (Lipinski definition) is 3. The number of benzene rings is 1. The molecule has 1 N–H and O–H groups in total. The maximum atomic E-state index is 5.47. The fourth-order valence-electron chi connectivity index (χ4n) is 2.17. The lowest BCUT2D eigenvalue weighted by molar-refractivity contribution is 0.113. The van der Waals surface area contributed by atoms with Gasteiger partial charge in [-0.25, -0.2) is 0 Å². The van der Waals surface area contributed by atoms with Gasteiger partial charge in [0.05, 0.1) is 6.61 Å². The van der Waals surface area contributed by atoms with E-state index in [2.05, 4.69) is 62.2 Å². The van der Waals surface area contributed by atoms with Crippen LogP contribution in [0.4, 0.5) is 0 Å². The number of hydrogen-bond donors (Lipinski definition) is 1. The van der Waals surface area contributed by atoms with Crippen molar-refractivity contribution in [2.24, 2.45) is 0 Å². The van der Waals surface area contributed by atoms with E-state index in [9.17, 15) is 0 Å². The molecule has 3 nitrogen and oxygen atoms in total. The molecule has 0 unspecified atom stereocenters. The zero-order chi connectivity index (χ0) is 15.7. The van der Waals surface area contributed by atoms with Gasteiger partial charge in [0.2, 0.25) is 0 Å². The predicted molar refractivity (Wildman–Crippen MR) is 90.5 cm³/mol. The summed E-state index contributed by atoms with van der Waals surface area (Å²) in [6, 6.07) is 8.72. The van der Waals surface area contributed by atoms with Gasteiger partial charge in [-0.05, 0) is 45.4 Å². The zero-order valence-corrected chi connectivity index (χ0v) is 14.4. The monoisotopic (exact) mass is 292 g/mol. The van der Waals surface area contributed by atoms with Crippen molar-refractivity contribution in [2.75, 3.05) is 26.3 Å². The SMILES string of the molecule is CCOCCN(CC)Cc1ccccc1CNC(C)(C)C. The van der Waals surface area contributed by atoms with Crippen LogP contribution in [-0.4, -0.2) is 36.7 Å². The van der Waals surface area contributed by atoms with E-state index >= 15 is 0 Å². The number of nitrogens with zero attached hydrogens (tertiary/aromatic N) is 1. The van der Waals surface area contributed by atoms with Gasteiger partial charge in [-0.15, -0.1) is 0 Å². The first-order chi connectivity index (χ1) is 9.96. The minimum absolute atomic E-state index is 0.145. The van der Waals surface area contributed by atoms with E-state index in [1.807, 2.05) is 6.92 Å². The van der Waals surface area contributed by atoms with Gasteiger partial charge in [-0.1, -0.05) is 31.2 Å². The highest BCUT2D eigenvalue weighted by Crippen LogP contribution is 2.13. The van der Waals surface area contributed by atoms with E-state index in [0.717, 1.165) is 39.4 Å². The zero-order valence-electron chi connectivity index (χ0n) is 14.4. The summed E-state index contributed by atoms with van der Waals surface area (Å²) in [4.78, 5) is 2.44. The lowest BCUT2D eigenvalue weighted by atomic mass is 10.0. The van der Waals surface area contributed by atoms with Gasteiger partial charge < -0.3 is 10.1 Å². The standard InChI is InChI=1S/C18H32N2O/c1-6-20(12-13-21-7-2)15-17-11-9-8-10-16(17)14-19-18(3,4)5/h8-11,19H,6-7,12-15H2,1-5H3. The second kappa shape index (κ2) is 9.19. The Morgan fingerprint density at radius 3 is 2.33 bits per heavy atom. The molecule has 0 heterocycles. The lowest BCUT2D eigenvalue weighted by Gasteiger charge is -2.24. The summed E-state index contributed by atoms with van der Waals surface area (Å²) in [5, 5.41) is 3.58. The van der Waals surface area contributed by atoms with Crippen molar-refractivity contribution in [3.05, 3.63) is 35.4 Å². The Kier molecular flexibility index (Phi) is 7.94. The molecule has 0 aliphatic heterocycles. The van der Waals surface area contributed by atoms with Crippen molar-refractivity contribution >= 4 is 0 Å². The Morgan fingerprint density at radius 2 is 1.76 bits per heavy atom. The number of nitrogens with one attached hydrogen (secondary N) is 1. The first-order valence-corrected chi connectivity index (χ1v) is 8.08. The Hall–Kier alpha value is -0.900. The molecule has 0 atom stereocenters. The maximum Gasteiger partial charge on any atom is 0.0593 e. The van der Waals surface area contributed by atoms with E-state index in [-0.39, 0.29) is 5.54 Å². The van der Waals surface area contributed by atoms with E-state index in [0.29, 0.717) is 0 Å². The average molecular weight is 292 g/mol. The van der Waals surface area contributed by atoms with Crippen LogP contribution in [0.25, 0.3) is 0 Å². The summed E-state index contributed by atoms with van der Waals surface area (Å²) in [5.74, 6) is 0. The molecule has 0 fully saturated rings. The van der Waals surface area contributed by atoms with Crippen molar-refractivity contribution in [1.29, 1.82) is 0 Å². The second-order valence-electron chi connectivity index (χ2n) is 6.44. The summed E-state index contributed by atoms with van der Waals surface area (Å²) < 4.78 is 5.47. The summed E-state index contributed by atoms with van der Waals surface area (Å²) in [5.41, 5.74) is 2.95. The van der Waals surface area contributed by atoms with Gasteiger partial charge in [-0.2, -0.15) is 0 Å². The van der Waals surface area contributed by atoms with Crippen LogP contribution < -0.4 is 5.32 Å². The van der Waals surface area contributed by atoms with Crippen LogP contribution in [0.3, 0.4) is 0 Å². The number of likely N-dealkylation sites (N-methyl/N-ethyl adjacent to an activating group) is 1. The molecule has 0 spiro atoms. The smallest absolute Gasteiger partial charge is 0.0593 e. The molecule has 0 bridgehead atoms. The predicted octanol–water partition coefficient (Wildman–Crippen LogP) is 3.43. The fourth-order valence-corrected chi connectivity index (χ4v) is 2.17. The molecule has 3 heteroatoms. The average Bonchev–Trinajstić information content (AvgIpc) is 2.44. The molecular formula is C18H32N2O. The molecule has 1 aromatic carbocycles. The third kappa shape index (κ3) is 7.60. The van der Waals surface area contributed by atoms with E-state index in [4.69, 9.17) is 4.74 Å². The molecule has 0 aliphatic rings. The topological polar surface area (TPSA) is 24.5 Å². The van der Waals surface area contributed by atoms with Gasteiger partial charge in [0.25, 0.3) is 0 Å². The Balaban J connectivity index is 2.64. The molecule has 0 saturated carbocycles. The van der Waals surface area contributed by atoms with Crippen LogP contribution in [0.15, 0.2) is 24.3 Å². The summed E-state index contributed by atoms with van der Waals surface area (Å²) in [6.45, 7) is 16.4. The van der Waals surface area contributed by atoms with Crippen LogP contribution in [0.5, 0.6) is 0 Å². The van der Waals surface area contributed by atoms with Crippen molar-refractivity contribution in [2.45, 2.75) is 53.2 Å². The second-order valence-corrected chi connectivity index (χ2v) is 6.44. The highest BCUT2D eigenvalue weighted by Gasteiger charge is 2.11. The Labute approximate surface area is 130 Å². The van der Waals surface area contributed by atoms with E-state index < -0.39 is 0 Å². The third-order valence-corrected chi connectivity index (χ3v) is 3.52. The van der Waals surface area contributed by atoms with Gasteiger partial charge in [0.15, 0.2) is 0 Å². The molecule has 21 heavy (non-hydrogen) atoms. The van der Waals surface area contributed by atoms with Crippen LogP contribution in [-0.2, 0) is 17.8 Å². The first kappa shape index (κ1) is 18.1. The molecule has 0 radical (unpaired) electrons. The highest BCUT2D eigenvalue weighted by atomic mass is 16.5. The summed E-state index contributed by atoms with van der Waals surface area (Å²) in [6.07, 6.45) is 0. The van der Waals surface area contributed by atoms with Crippen LogP contribution in [0.1, 0.15) is 45.7 Å². The molecule has 1 rings (SSSR count). The molecule has 0 saturated heterocycles. The van der Waals surface area contributed by atoms with Gasteiger partial charge in [0.1, 0.15) is 0 Å². The minimum atomic E-state index is 0.145. The van der Waals surface area contributed by atoms with E-state index in [1.165, 1.54) is 11.1 Å². The maximum absolute atomic E-state index is 5.47. The molecule has 120 valence electrons. The van der Waals surface area contributed by atoms with Gasteiger partial charge >= 0.3 is 0 Å². The van der Waals surface area contributed by atoms with Gasteiger partial charge in [-0.3, -0.25) is 4.90 Å². The van der Waals surface area contributed by atoms with Crippen LogP contribution in [0, 0.1) is 0 Å². The molecule has 0 aliphatic carbocycles. The van der Waals surface area contributed by atoms with Crippen molar-refractivity contribution < 1.29 is 4.74 Å². The largest absolute Gasteiger partial charge is 0.380 e. The molecule has 0 amide bonds. The van der Waals surface area contributed by atoms with Gasteiger partial charge in [0, 0.05) is 31.8 Å². The highest BCUT2D eigenvalue weighted by molar-refractivity contribution is 5.27. The lowest BCUT2D eigenvalue weighted by Crippen LogP contribution is -2.35. The Morgan fingerprint density at radius 1 is 1.10 bits per heavy atom. The molecule has 1 aromatic rings. The molecular weight excluding hydrogens is 260 g/mol.